The molecular weight excluding hydrogens is 473 g/mol. The molecule has 0 saturated heterocycles. The third-order valence-corrected chi connectivity index (χ3v) is 5.98. The zero-order valence-corrected chi connectivity index (χ0v) is 20.1. The van der Waals surface area contributed by atoms with Gasteiger partial charge in [-0.25, -0.2) is 4.39 Å². The second-order valence-corrected chi connectivity index (χ2v) is 8.75. The van der Waals surface area contributed by atoms with Gasteiger partial charge in [0.15, 0.2) is 17.3 Å². The first kappa shape index (κ1) is 24.1. The highest BCUT2D eigenvalue weighted by Crippen LogP contribution is 2.42. The Morgan fingerprint density at radius 3 is 2.16 bits per heavy atom. The minimum Gasteiger partial charge on any atom is -0.489 e. The van der Waals surface area contributed by atoms with Crippen molar-refractivity contribution in [3.8, 4) is 11.5 Å². The van der Waals surface area contributed by atoms with Gasteiger partial charge in [-0.05, 0) is 41.8 Å². The van der Waals surface area contributed by atoms with Gasteiger partial charge in [0.2, 0.25) is 5.75 Å². The molecule has 0 atom stereocenters. The van der Waals surface area contributed by atoms with Crippen molar-refractivity contribution in [3.63, 3.8) is 0 Å². The van der Waals surface area contributed by atoms with E-state index >= 15 is 4.39 Å². The predicted octanol–water partition coefficient (Wildman–Crippen LogP) is 7.14. The molecule has 4 aromatic carbocycles. The molecule has 0 radical (unpaired) electrons. The number of hydrogen-bond acceptors (Lipinski definition) is 5. The summed E-state index contributed by atoms with van der Waals surface area (Å²) in [7, 11) is 0. The fourth-order valence-electron chi connectivity index (χ4n) is 4.20. The van der Waals surface area contributed by atoms with E-state index in [1.807, 2.05) is 66.7 Å². The third-order valence-electron chi connectivity index (χ3n) is 5.98. The summed E-state index contributed by atoms with van der Waals surface area (Å²) in [6.45, 7) is 2.29. The average Bonchev–Trinajstić information content (AvgIpc) is 2.91. The second-order valence-electron chi connectivity index (χ2n) is 8.75. The first-order valence-electron chi connectivity index (χ1n) is 11.8. The summed E-state index contributed by atoms with van der Waals surface area (Å²) in [6, 6.07) is 26.9. The van der Waals surface area contributed by atoms with Gasteiger partial charge in [-0.2, -0.15) is 0 Å². The van der Waals surface area contributed by atoms with Gasteiger partial charge in [0.25, 0.3) is 0 Å². The maximum atomic E-state index is 15.1. The molecule has 5 rings (SSSR count). The summed E-state index contributed by atoms with van der Waals surface area (Å²) in [6.07, 6.45) is 0.272. The normalized spacial score (nSPS) is 12.5. The monoisotopic (exact) mass is 497 g/mol. The minimum absolute atomic E-state index is 0.0952. The number of fused-ring (bicyclic) bond motifs is 1. The molecule has 0 bridgehead atoms. The van der Waals surface area contributed by atoms with Crippen LogP contribution >= 0.6 is 0 Å². The van der Waals surface area contributed by atoms with E-state index in [2.05, 4.69) is 0 Å². The van der Waals surface area contributed by atoms with Crippen LogP contribution in [0.5, 0.6) is 11.5 Å². The molecular formula is C30H24FNO5. The topological polar surface area (TPSA) is 70.8 Å². The molecule has 1 aliphatic rings. The van der Waals surface area contributed by atoms with Crippen LogP contribution in [0.2, 0.25) is 0 Å². The molecule has 0 saturated carbocycles. The molecule has 1 heterocycles. The number of ether oxygens (including phenoxy) is 3. The van der Waals surface area contributed by atoms with E-state index in [0.29, 0.717) is 16.9 Å². The molecule has 186 valence electrons. The second kappa shape index (κ2) is 10.5. The Bertz CT molecular complexity index is 1470. The Kier molecular flexibility index (Phi) is 6.85. The Hall–Kier alpha value is -4.65. The van der Waals surface area contributed by atoms with Gasteiger partial charge in [-0.1, -0.05) is 66.7 Å². The van der Waals surface area contributed by atoms with Gasteiger partial charge >= 0.3 is 5.69 Å². The number of aryl methyl sites for hydroxylation is 1. The molecule has 0 amide bonds. The van der Waals surface area contributed by atoms with Gasteiger partial charge in [-0.15, -0.1) is 0 Å². The summed E-state index contributed by atoms with van der Waals surface area (Å²) >= 11 is 0. The molecule has 37 heavy (non-hydrogen) atoms. The third kappa shape index (κ3) is 5.46. The molecule has 1 aliphatic heterocycles. The molecule has 4 aromatic rings. The van der Waals surface area contributed by atoms with Crippen LogP contribution in [0.3, 0.4) is 0 Å². The maximum Gasteiger partial charge on any atom is 0.312 e. The Labute approximate surface area is 213 Å². The molecule has 0 aliphatic carbocycles. The van der Waals surface area contributed by atoms with Crippen LogP contribution in [-0.2, 0) is 24.4 Å². The quantitative estimate of drug-likeness (QED) is 0.191. The van der Waals surface area contributed by atoms with E-state index in [9.17, 15) is 10.1 Å². The fraction of sp³-hybridized carbons (Fsp3) is 0.133. The molecule has 0 fully saturated rings. The Morgan fingerprint density at radius 1 is 0.892 bits per heavy atom. The lowest BCUT2D eigenvalue weighted by Crippen LogP contribution is -2.14. The van der Waals surface area contributed by atoms with E-state index in [-0.39, 0.29) is 42.6 Å². The number of rotatable bonds is 8. The van der Waals surface area contributed by atoms with E-state index in [0.717, 1.165) is 16.7 Å². The van der Waals surface area contributed by atoms with Gasteiger partial charge < -0.3 is 14.2 Å². The summed E-state index contributed by atoms with van der Waals surface area (Å²) in [5.74, 6) is 0.369. The smallest absolute Gasteiger partial charge is 0.312 e. The fourth-order valence-corrected chi connectivity index (χ4v) is 4.20. The first-order valence-corrected chi connectivity index (χ1v) is 11.8. The summed E-state index contributed by atoms with van der Waals surface area (Å²) < 4.78 is 33.0. The van der Waals surface area contributed by atoms with Crippen LogP contribution in [0.15, 0.2) is 96.8 Å². The molecule has 0 aromatic heterocycles. The first-order chi connectivity index (χ1) is 18.0. The number of nitro groups is 1. The number of nitro benzene ring substituents is 1. The van der Waals surface area contributed by atoms with E-state index in [4.69, 9.17) is 14.2 Å². The molecule has 0 unspecified atom stereocenters. The molecule has 0 N–H and O–H groups in total. The highest BCUT2D eigenvalue weighted by molar-refractivity contribution is 5.71. The van der Waals surface area contributed by atoms with Gasteiger partial charge in [0.1, 0.15) is 19.0 Å². The average molecular weight is 498 g/mol. The zero-order chi connectivity index (χ0) is 25.8. The number of halogens is 1. The van der Waals surface area contributed by atoms with Crippen LogP contribution < -0.4 is 9.47 Å². The van der Waals surface area contributed by atoms with Gasteiger partial charge in [0.05, 0.1) is 4.92 Å². The highest BCUT2D eigenvalue weighted by atomic mass is 19.1. The molecule has 7 heteroatoms. The molecule has 0 spiro atoms. The Balaban J connectivity index is 1.48. The largest absolute Gasteiger partial charge is 0.489 e. The highest BCUT2D eigenvalue weighted by Gasteiger charge is 2.30. The zero-order valence-electron chi connectivity index (χ0n) is 20.1. The van der Waals surface area contributed by atoms with Crippen molar-refractivity contribution in [2.75, 3.05) is 0 Å². The van der Waals surface area contributed by atoms with E-state index in [1.54, 1.807) is 13.0 Å². The van der Waals surface area contributed by atoms with E-state index in [1.165, 1.54) is 18.2 Å². The minimum atomic E-state index is -0.573. The summed E-state index contributed by atoms with van der Waals surface area (Å²) in [5.41, 5.74) is 3.50. The van der Waals surface area contributed by atoms with Crippen molar-refractivity contribution in [2.45, 2.75) is 26.6 Å². The van der Waals surface area contributed by atoms with Crippen molar-refractivity contribution in [1.82, 2.24) is 0 Å². The number of benzene rings is 4. The van der Waals surface area contributed by atoms with Gasteiger partial charge in [-0.3, -0.25) is 10.1 Å². The van der Waals surface area contributed by atoms with Crippen LogP contribution in [0, 0.1) is 22.9 Å². The lowest BCUT2D eigenvalue weighted by molar-refractivity contribution is -0.385. The standard InChI is InChI=1S/C30H24FNO5/c1-20-14-24-17-28(36-19-22-10-6-3-7-11-22)30(37-29(24)26(15-20)32(33)34)23-12-13-27(25(31)16-23)35-18-21-8-4-2-5-9-21/h2-16H,17-19H2,1H3. The SMILES string of the molecule is Cc1cc2c(c([N+](=O)[O-])c1)OC(c1ccc(OCc3ccccc3)c(F)c1)=C(OCc1ccccc1)C2. The predicted molar refractivity (Wildman–Crippen MR) is 137 cm³/mol. The van der Waals surface area contributed by atoms with E-state index < -0.39 is 10.7 Å². The van der Waals surface area contributed by atoms with Crippen LogP contribution in [-0.4, -0.2) is 4.92 Å². The van der Waals surface area contributed by atoms with Crippen LogP contribution in [0.25, 0.3) is 5.76 Å². The molecule has 6 nitrogen and oxygen atoms in total. The summed E-state index contributed by atoms with van der Waals surface area (Å²) in [5, 5.41) is 11.7. The lowest BCUT2D eigenvalue weighted by Gasteiger charge is -2.24. The number of hydrogen-bond donors (Lipinski definition) is 0. The van der Waals surface area contributed by atoms with Crippen molar-refractivity contribution in [2.24, 2.45) is 0 Å². The Morgan fingerprint density at radius 2 is 1.54 bits per heavy atom. The number of nitrogens with zero attached hydrogens (tertiary/aromatic N) is 1. The van der Waals surface area contributed by atoms with Crippen molar-refractivity contribution in [3.05, 3.63) is 141 Å². The van der Waals surface area contributed by atoms with Crippen molar-refractivity contribution in [1.29, 1.82) is 0 Å². The summed E-state index contributed by atoms with van der Waals surface area (Å²) in [4.78, 5) is 11.3. The number of allylic oxidation sites excluding steroid dienone is 1. The maximum absolute atomic E-state index is 15.1. The van der Waals surface area contributed by atoms with Crippen LogP contribution in [0.1, 0.15) is 27.8 Å². The van der Waals surface area contributed by atoms with Crippen molar-refractivity contribution >= 4 is 11.4 Å². The van der Waals surface area contributed by atoms with Gasteiger partial charge in [0, 0.05) is 23.6 Å². The van der Waals surface area contributed by atoms with Crippen LogP contribution in [0.4, 0.5) is 10.1 Å². The lowest BCUT2D eigenvalue weighted by atomic mass is 10.00. The van der Waals surface area contributed by atoms with Crippen molar-refractivity contribution < 1.29 is 23.5 Å².